The number of benzene rings is 3. The van der Waals surface area contributed by atoms with Crippen LogP contribution >= 0.6 is 11.8 Å². The minimum atomic E-state index is -4.77. The molecule has 1 N–H and O–H groups in total. The summed E-state index contributed by atoms with van der Waals surface area (Å²) in [5.41, 5.74) is 7.19. The van der Waals surface area contributed by atoms with E-state index >= 15 is 0 Å². The molecule has 0 saturated carbocycles. The summed E-state index contributed by atoms with van der Waals surface area (Å²) in [5, 5.41) is 8.72. The van der Waals surface area contributed by atoms with E-state index in [0.717, 1.165) is 22.4 Å². The number of rotatable bonds is 8. The van der Waals surface area contributed by atoms with E-state index in [1.54, 1.807) is 0 Å². The van der Waals surface area contributed by atoms with Gasteiger partial charge >= 0.3 is 12.4 Å². The van der Waals surface area contributed by atoms with Crippen LogP contribution < -0.4 is 15.1 Å². The number of anilines is 1. The highest BCUT2D eigenvalue weighted by Crippen LogP contribution is 2.34. The van der Waals surface area contributed by atoms with Crippen molar-refractivity contribution in [3.63, 3.8) is 0 Å². The standard InChI is InChI=1S/C31H28F3N7O3S/c1-19(2)25-12-7-20(3)15-26(25)41-27(42)17-45-30(41)37-29(43)38-36-14-13-21-5-4-6-22(16-21)28-35-18-40(39-28)23-8-10-24(11-9-23)44-31(32,33)34/h4-12,14-16,18-19H,13,17H2,1-3H3,(H,38,43)/b36-14+,37-30?. The highest BCUT2D eigenvalue weighted by atomic mass is 32.2. The predicted molar refractivity (Wildman–Crippen MR) is 167 cm³/mol. The number of alkyl halides is 3. The Labute approximate surface area is 261 Å². The fraction of sp³-hybridized carbons (Fsp3) is 0.226. The molecule has 5 rings (SSSR count). The van der Waals surface area contributed by atoms with Crippen LogP contribution in [0.4, 0.5) is 23.7 Å². The number of hydrogen-bond acceptors (Lipinski definition) is 7. The van der Waals surface area contributed by atoms with Gasteiger partial charge in [0, 0.05) is 18.2 Å². The van der Waals surface area contributed by atoms with Crippen molar-refractivity contribution in [2.75, 3.05) is 10.7 Å². The fourth-order valence-electron chi connectivity index (χ4n) is 4.54. The molecule has 1 aromatic heterocycles. The molecule has 45 heavy (non-hydrogen) atoms. The summed E-state index contributed by atoms with van der Waals surface area (Å²) in [6, 6.07) is 17.9. The van der Waals surface area contributed by atoms with Gasteiger partial charge in [0.05, 0.1) is 17.1 Å². The number of amidine groups is 1. The Balaban J connectivity index is 1.21. The number of nitrogens with zero attached hydrogens (tertiary/aromatic N) is 6. The predicted octanol–water partition coefficient (Wildman–Crippen LogP) is 6.64. The molecular weight excluding hydrogens is 607 g/mol. The normalized spacial score (nSPS) is 14.6. The third-order valence-corrected chi connectivity index (χ3v) is 7.53. The van der Waals surface area contributed by atoms with Crippen LogP contribution in [0.1, 0.15) is 36.5 Å². The second-order valence-corrected chi connectivity index (χ2v) is 11.3. The van der Waals surface area contributed by atoms with Crippen LogP contribution in [0, 0.1) is 6.92 Å². The number of ether oxygens (including phenoxy) is 1. The van der Waals surface area contributed by atoms with Crippen LogP contribution in [-0.2, 0) is 11.2 Å². The van der Waals surface area contributed by atoms with E-state index in [-0.39, 0.29) is 23.3 Å². The van der Waals surface area contributed by atoms with E-state index in [2.05, 4.69) is 30.3 Å². The molecule has 1 saturated heterocycles. The monoisotopic (exact) mass is 635 g/mol. The fourth-order valence-corrected chi connectivity index (χ4v) is 5.40. The molecule has 1 aliphatic heterocycles. The van der Waals surface area contributed by atoms with Crippen LogP contribution in [-0.4, -0.2) is 50.2 Å². The highest BCUT2D eigenvalue weighted by molar-refractivity contribution is 8.15. The summed E-state index contributed by atoms with van der Waals surface area (Å²) in [5.74, 6) is 0.298. The Morgan fingerprint density at radius 1 is 1.13 bits per heavy atom. The maximum Gasteiger partial charge on any atom is 0.573 e. The molecule has 10 nitrogen and oxygen atoms in total. The summed E-state index contributed by atoms with van der Waals surface area (Å²) in [6.07, 6.45) is -1.40. The molecule has 0 radical (unpaired) electrons. The Bertz CT molecular complexity index is 1770. The number of carbonyl (C=O) groups is 2. The average molecular weight is 636 g/mol. The molecule has 0 atom stereocenters. The molecule has 1 aliphatic rings. The van der Waals surface area contributed by atoms with Crippen molar-refractivity contribution in [3.8, 4) is 22.8 Å². The first-order valence-electron chi connectivity index (χ1n) is 13.8. The number of hydrogen-bond donors (Lipinski definition) is 1. The third kappa shape index (κ3) is 7.95. The van der Waals surface area contributed by atoms with Gasteiger partial charge in [0.1, 0.15) is 12.1 Å². The molecule has 0 unspecified atom stereocenters. The van der Waals surface area contributed by atoms with Gasteiger partial charge < -0.3 is 4.74 Å². The third-order valence-electron chi connectivity index (χ3n) is 6.60. The van der Waals surface area contributed by atoms with Gasteiger partial charge in [0.15, 0.2) is 11.0 Å². The van der Waals surface area contributed by atoms with Crippen molar-refractivity contribution in [3.05, 3.63) is 89.7 Å². The lowest BCUT2D eigenvalue weighted by molar-refractivity contribution is -0.274. The second kappa shape index (κ2) is 13.3. The van der Waals surface area contributed by atoms with Gasteiger partial charge in [0.2, 0.25) is 5.91 Å². The molecule has 0 spiro atoms. The maximum absolute atomic E-state index is 12.7. The molecule has 3 amide bonds. The van der Waals surface area contributed by atoms with Crippen molar-refractivity contribution in [2.24, 2.45) is 10.1 Å². The summed E-state index contributed by atoms with van der Waals surface area (Å²) in [4.78, 5) is 35.2. The minimum Gasteiger partial charge on any atom is -0.406 e. The largest absolute Gasteiger partial charge is 0.573 e. The van der Waals surface area contributed by atoms with E-state index in [9.17, 15) is 22.8 Å². The summed E-state index contributed by atoms with van der Waals surface area (Å²) < 4.78 is 42.6. The summed E-state index contributed by atoms with van der Waals surface area (Å²) in [6.45, 7) is 6.03. The van der Waals surface area contributed by atoms with Crippen LogP contribution in [0.15, 0.2) is 83.2 Å². The molecule has 14 heteroatoms. The van der Waals surface area contributed by atoms with E-state index < -0.39 is 12.4 Å². The van der Waals surface area contributed by atoms with Gasteiger partial charge in [-0.25, -0.2) is 19.9 Å². The Morgan fingerprint density at radius 3 is 2.64 bits per heavy atom. The number of halogens is 3. The van der Waals surface area contributed by atoms with Crippen LogP contribution in [0.3, 0.4) is 0 Å². The zero-order valence-electron chi connectivity index (χ0n) is 24.4. The number of aliphatic imine (C=N–C) groups is 1. The lowest BCUT2D eigenvalue weighted by Crippen LogP contribution is -2.31. The quantitative estimate of drug-likeness (QED) is 0.172. The highest BCUT2D eigenvalue weighted by Gasteiger charge is 2.33. The first-order valence-corrected chi connectivity index (χ1v) is 14.8. The molecule has 232 valence electrons. The van der Waals surface area contributed by atoms with Crippen LogP contribution in [0.5, 0.6) is 5.75 Å². The number of aromatic nitrogens is 3. The lowest BCUT2D eigenvalue weighted by Gasteiger charge is -2.22. The smallest absolute Gasteiger partial charge is 0.406 e. The Kier molecular flexibility index (Phi) is 9.32. The van der Waals surface area contributed by atoms with E-state index in [1.807, 2.05) is 63.2 Å². The molecular formula is C31H28F3N7O3S. The first kappa shape index (κ1) is 31.4. The number of urea groups is 1. The van der Waals surface area contributed by atoms with Gasteiger partial charge in [-0.3, -0.25) is 9.69 Å². The maximum atomic E-state index is 12.7. The number of aryl methyl sites for hydroxylation is 1. The van der Waals surface area contributed by atoms with Crippen molar-refractivity contribution in [2.45, 2.75) is 39.5 Å². The van der Waals surface area contributed by atoms with Gasteiger partial charge in [-0.15, -0.1) is 18.3 Å². The molecule has 0 bridgehead atoms. The Hall–Kier alpha value is -4.98. The lowest BCUT2D eigenvalue weighted by atomic mass is 9.99. The topological polar surface area (TPSA) is 114 Å². The second-order valence-electron chi connectivity index (χ2n) is 10.3. The van der Waals surface area contributed by atoms with Crippen molar-refractivity contribution >= 4 is 40.8 Å². The zero-order chi connectivity index (χ0) is 32.1. The minimum absolute atomic E-state index is 0.143. The van der Waals surface area contributed by atoms with Gasteiger partial charge in [0.25, 0.3) is 0 Å². The van der Waals surface area contributed by atoms with Crippen LogP contribution in [0.2, 0.25) is 0 Å². The molecule has 1 fully saturated rings. The van der Waals surface area contributed by atoms with E-state index in [4.69, 9.17) is 0 Å². The van der Waals surface area contributed by atoms with E-state index in [1.165, 1.54) is 58.2 Å². The van der Waals surface area contributed by atoms with Gasteiger partial charge in [-0.1, -0.05) is 55.9 Å². The first-order chi connectivity index (χ1) is 21.5. The average Bonchev–Trinajstić information content (AvgIpc) is 3.62. The molecule has 3 aromatic carbocycles. The van der Waals surface area contributed by atoms with Gasteiger partial charge in [-0.2, -0.15) is 10.1 Å². The van der Waals surface area contributed by atoms with Crippen molar-refractivity contribution in [1.29, 1.82) is 0 Å². The summed E-state index contributed by atoms with van der Waals surface area (Å²) >= 11 is 1.20. The molecule has 2 heterocycles. The molecule has 0 aliphatic carbocycles. The number of amides is 3. The van der Waals surface area contributed by atoms with Crippen molar-refractivity contribution < 1.29 is 27.5 Å². The number of hydrazone groups is 1. The number of nitrogens with one attached hydrogen (secondary N) is 1. The SMILES string of the molecule is Cc1ccc(C(C)C)c(N2C(=O)CSC2=NC(=O)N/N=C/Cc2cccc(-c3ncn(-c4ccc(OC(F)(F)F)cc4)n3)c2)c1. The van der Waals surface area contributed by atoms with Crippen LogP contribution in [0.25, 0.3) is 17.1 Å². The Morgan fingerprint density at radius 2 is 1.91 bits per heavy atom. The van der Waals surface area contributed by atoms with Gasteiger partial charge in [-0.05, 0) is 65.9 Å². The summed E-state index contributed by atoms with van der Waals surface area (Å²) in [7, 11) is 0. The zero-order valence-corrected chi connectivity index (χ0v) is 25.3. The molecule has 4 aromatic rings. The van der Waals surface area contributed by atoms with E-state index in [0.29, 0.717) is 28.7 Å². The van der Waals surface area contributed by atoms with Crippen molar-refractivity contribution in [1.82, 2.24) is 20.2 Å². The number of thioether (sulfide) groups is 1. The number of carbonyl (C=O) groups excluding carboxylic acids is 2.